The van der Waals surface area contributed by atoms with Gasteiger partial charge >= 0.3 is 0 Å². The van der Waals surface area contributed by atoms with Crippen LogP contribution in [0.15, 0.2) is 40.9 Å². The topological polar surface area (TPSA) is 12.5 Å². The van der Waals surface area contributed by atoms with Crippen molar-refractivity contribution in [2.45, 2.75) is 6.10 Å². The zero-order chi connectivity index (χ0) is 9.54. The molecule has 1 saturated heterocycles. The Morgan fingerprint density at radius 3 is 2.57 bits per heavy atom. The molecule has 0 bridgehead atoms. The zero-order valence-corrected chi connectivity index (χ0v) is 9.12. The molecule has 3 rings (SSSR count). The van der Waals surface area contributed by atoms with E-state index in [2.05, 4.69) is 52.3 Å². The van der Waals surface area contributed by atoms with Crippen molar-refractivity contribution in [1.29, 1.82) is 0 Å². The van der Waals surface area contributed by atoms with Crippen LogP contribution in [0.1, 0.15) is 11.7 Å². The molecule has 0 saturated carbocycles. The van der Waals surface area contributed by atoms with E-state index in [-0.39, 0.29) is 0 Å². The molecule has 0 spiro atoms. The van der Waals surface area contributed by atoms with Crippen molar-refractivity contribution >= 4 is 26.7 Å². The van der Waals surface area contributed by atoms with Crippen LogP contribution in [-0.4, -0.2) is 6.61 Å². The van der Waals surface area contributed by atoms with Crippen LogP contribution in [0.2, 0.25) is 0 Å². The fraction of sp³-hybridized carbons (Fsp3) is 0.167. The van der Waals surface area contributed by atoms with Crippen LogP contribution in [0.5, 0.6) is 0 Å². The van der Waals surface area contributed by atoms with Crippen LogP contribution in [0.4, 0.5) is 0 Å². The van der Waals surface area contributed by atoms with Gasteiger partial charge in [-0.3, -0.25) is 0 Å². The summed E-state index contributed by atoms with van der Waals surface area (Å²) in [5.41, 5.74) is 1.29. The first-order valence-electron chi connectivity index (χ1n) is 4.64. The Morgan fingerprint density at radius 2 is 1.79 bits per heavy atom. The third kappa shape index (κ3) is 1.45. The van der Waals surface area contributed by atoms with Gasteiger partial charge in [0.15, 0.2) is 0 Å². The van der Waals surface area contributed by atoms with Gasteiger partial charge < -0.3 is 4.74 Å². The molecular formula is C12H9BrO. The highest BCUT2D eigenvalue weighted by atomic mass is 79.9. The van der Waals surface area contributed by atoms with Crippen LogP contribution in [-0.2, 0) is 4.74 Å². The van der Waals surface area contributed by atoms with Crippen molar-refractivity contribution in [3.8, 4) is 0 Å². The van der Waals surface area contributed by atoms with Crippen LogP contribution >= 0.6 is 15.9 Å². The third-order valence-electron chi connectivity index (χ3n) is 2.53. The minimum Gasteiger partial charge on any atom is -0.368 e. The Labute approximate surface area is 90.8 Å². The van der Waals surface area contributed by atoms with Crippen molar-refractivity contribution in [1.82, 2.24) is 0 Å². The maximum absolute atomic E-state index is 5.26. The Hall–Kier alpha value is -0.860. The zero-order valence-electron chi connectivity index (χ0n) is 7.53. The maximum Gasteiger partial charge on any atom is 0.106 e. The minimum absolute atomic E-state index is 0.350. The van der Waals surface area contributed by atoms with Gasteiger partial charge in [-0.25, -0.2) is 0 Å². The highest BCUT2D eigenvalue weighted by molar-refractivity contribution is 9.10. The highest BCUT2D eigenvalue weighted by Gasteiger charge is 2.24. The van der Waals surface area contributed by atoms with E-state index in [1.807, 2.05) is 0 Å². The van der Waals surface area contributed by atoms with Gasteiger partial charge in [0.2, 0.25) is 0 Å². The number of hydrogen-bond acceptors (Lipinski definition) is 1. The molecule has 1 aliphatic heterocycles. The molecule has 1 nitrogen and oxygen atoms in total. The van der Waals surface area contributed by atoms with E-state index >= 15 is 0 Å². The Kier molecular flexibility index (Phi) is 1.85. The lowest BCUT2D eigenvalue weighted by Gasteiger charge is -2.01. The van der Waals surface area contributed by atoms with E-state index < -0.39 is 0 Å². The predicted octanol–water partition coefficient (Wildman–Crippen LogP) is 3.67. The van der Waals surface area contributed by atoms with Crippen LogP contribution < -0.4 is 0 Å². The van der Waals surface area contributed by atoms with E-state index in [1.54, 1.807) is 0 Å². The highest BCUT2D eigenvalue weighted by Crippen LogP contribution is 2.32. The second-order valence-electron chi connectivity index (χ2n) is 3.57. The van der Waals surface area contributed by atoms with Crippen LogP contribution in [0.25, 0.3) is 10.8 Å². The van der Waals surface area contributed by atoms with E-state index in [1.165, 1.54) is 16.3 Å². The van der Waals surface area contributed by atoms with Crippen molar-refractivity contribution in [3.05, 3.63) is 46.4 Å². The van der Waals surface area contributed by atoms with E-state index in [9.17, 15) is 0 Å². The first kappa shape index (κ1) is 8.45. The molecule has 0 unspecified atom stereocenters. The molecule has 0 radical (unpaired) electrons. The maximum atomic E-state index is 5.26. The molecule has 1 fully saturated rings. The molecule has 1 aliphatic rings. The minimum atomic E-state index is 0.350. The van der Waals surface area contributed by atoms with Gasteiger partial charge in [-0.2, -0.15) is 0 Å². The van der Waals surface area contributed by atoms with E-state index in [0.29, 0.717) is 6.10 Å². The molecule has 0 aromatic heterocycles. The smallest absolute Gasteiger partial charge is 0.106 e. The van der Waals surface area contributed by atoms with E-state index in [4.69, 9.17) is 4.74 Å². The summed E-state index contributed by atoms with van der Waals surface area (Å²) < 4.78 is 6.38. The van der Waals surface area contributed by atoms with Crippen molar-refractivity contribution in [3.63, 3.8) is 0 Å². The standard InChI is InChI=1S/C12H9BrO/c13-11-4-3-8-5-10(12-7-14-12)2-1-9(8)6-11/h1-6,12H,7H2/t12-/m0/s1. The summed E-state index contributed by atoms with van der Waals surface area (Å²) in [6, 6.07) is 12.8. The lowest BCUT2D eigenvalue weighted by molar-refractivity contribution is 0.416. The number of ether oxygens (including phenoxy) is 1. The van der Waals surface area contributed by atoms with Crippen LogP contribution in [0.3, 0.4) is 0 Å². The van der Waals surface area contributed by atoms with E-state index in [0.717, 1.165) is 11.1 Å². The molecule has 2 aromatic carbocycles. The number of rotatable bonds is 1. The van der Waals surface area contributed by atoms with Gasteiger partial charge in [0.05, 0.1) is 6.61 Å². The molecule has 1 heterocycles. The largest absolute Gasteiger partial charge is 0.368 e. The predicted molar refractivity (Wildman–Crippen MR) is 60.3 cm³/mol. The summed E-state index contributed by atoms with van der Waals surface area (Å²) in [4.78, 5) is 0. The SMILES string of the molecule is Brc1ccc2cc([C@@H]3CO3)ccc2c1. The Balaban J connectivity index is 2.18. The molecular weight excluding hydrogens is 240 g/mol. The summed E-state index contributed by atoms with van der Waals surface area (Å²) in [5, 5.41) is 2.55. The molecule has 70 valence electrons. The second-order valence-corrected chi connectivity index (χ2v) is 4.49. The van der Waals surface area contributed by atoms with Crippen molar-refractivity contribution in [2.24, 2.45) is 0 Å². The fourth-order valence-electron chi connectivity index (χ4n) is 1.68. The normalized spacial score (nSPS) is 19.9. The average molecular weight is 249 g/mol. The van der Waals surface area contributed by atoms with Gasteiger partial charge in [-0.1, -0.05) is 34.1 Å². The summed E-state index contributed by atoms with van der Waals surface area (Å²) in [7, 11) is 0. The number of halogens is 1. The van der Waals surface area contributed by atoms with Crippen molar-refractivity contribution in [2.75, 3.05) is 6.61 Å². The van der Waals surface area contributed by atoms with Gasteiger partial charge in [-0.05, 0) is 34.5 Å². The summed E-state index contributed by atoms with van der Waals surface area (Å²) in [6.45, 7) is 0.877. The van der Waals surface area contributed by atoms with Crippen LogP contribution in [0, 0.1) is 0 Å². The molecule has 14 heavy (non-hydrogen) atoms. The number of fused-ring (bicyclic) bond motifs is 1. The lowest BCUT2D eigenvalue weighted by Crippen LogP contribution is -1.80. The molecule has 1 atom stereocenters. The first-order chi connectivity index (χ1) is 6.83. The Morgan fingerprint density at radius 1 is 1.07 bits per heavy atom. The monoisotopic (exact) mass is 248 g/mol. The second kappa shape index (κ2) is 3.07. The van der Waals surface area contributed by atoms with Gasteiger partial charge in [0, 0.05) is 4.47 Å². The molecule has 0 amide bonds. The molecule has 0 N–H and O–H groups in total. The quantitative estimate of drug-likeness (QED) is 0.702. The molecule has 2 aromatic rings. The summed E-state index contributed by atoms with van der Waals surface area (Å²) >= 11 is 3.47. The average Bonchev–Trinajstić information content (AvgIpc) is 3.00. The number of benzene rings is 2. The summed E-state index contributed by atoms with van der Waals surface area (Å²) in [6.07, 6.45) is 0.350. The molecule has 0 aliphatic carbocycles. The third-order valence-corrected chi connectivity index (χ3v) is 3.02. The van der Waals surface area contributed by atoms with Gasteiger partial charge in [0.1, 0.15) is 6.10 Å². The Bertz CT molecular complexity index is 489. The fourth-order valence-corrected chi connectivity index (χ4v) is 2.05. The number of hydrogen-bond donors (Lipinski definition) is 0. The van der Waals surface area contributed by atoms with Gasteiger partial charge in [0.25, 0.3) is 0 Å². The first-order valence-corrected chi connectivity index (χ1v) is 5.43. The van der Waals surface area contributed by atoms with Gasteiger partial charge in [-0.15, -0.1) is 0 Å². The van der Waals surface area contributed by atoms with Crippen molar-refractivity contribution < 1.29 is 4.74 Å². The summed E-state index contributed by atoms with van der Waals surface area (Å²) in [5.74, 6) is 0. The lowest BCUT2D eigenvalue weighted by atomic mass is 10.1. The number of epoxide rings is 1. The molecule has 2 heteroatoms.